The second-order valence-corrected chi connectivity index (χ2v) is 3.99. The van der Waals surface area contributed by atoms with Crippen molar-refractivity contribution in [1.29, 1.82) is 0 Å². The van der Waals surface area contributed by atoms with Gasteiger partial charge >= 0.3 is 0 Å². The van der Waals surface area contributed by atoms with Crippen molar-refractivity contribution in [3.63, 3.8) is 0 Å². The summed E-state index contributed by atoms with van der Waals surface area (Å²) < 4.78 is 0. The first-order valence-corrected chi connectivity index (χ1v) is 4.79. The lowest BCUT2D eigenvalue weighted by Crippen LogP contribution is -2.03. The van der Waals surface area contributed by atoms with E-state index in [-0.39, 0.29) is 0 Å². The Kier molecular flexibility index (Phi) is 2.18. The Morgan fingerprint density at radius 1 is 1.46 bits per heavy atom. The van der Waals surface area contributed by atoms with E-state index in [0.717, 1.165) is 18.4 Å². The molecule has 0 aromatic heterocycles. The first kappa shape index (κ1) is 8.85. The lowest BCUT2D eigenvalue weighted by atomic mass is 10.0. The van der Waals surface area contributed by atoms with Crippen LogP contribution in [0.25, 0.3) is 0 Å². The predicted molar refractivity (Wildman–Crippen MR) is 53.5 cm³/mol. The summed E-state index contributed by atoms with van der Waals surface area (Å²) in [5.74, 6) is 0.390. The molecule has 1 unspecified atom stereocenters. The van der Waals surface area contributed by atoms with Gasteiger partial charge in [0.15, 0.2) is 0 Å². The number of hydrogen-bond donors (Lipinski definition) is 2. The molecule has 1 aliphatic carbocycles. The summed E-state index contributed by atoms with van der Waals surface area (Å²) in [5.41, 5.74) is 7.14. The Morgan fingerprint density at radius 2 is 2.15 bits per heavy atom. The standard InChI is InChI=1S/C10H12ClNO/c11-7-3-4-9(12)8(5-7)10(13)6-1-2-6/h3-6,10,13H,1-2,12H2. The summed E-state index contributed by atoms with van der Waals surface area (Å²) in [7, 11) is 0. The molecule has 3 N–H and O–H groups in total. The van der Waals surface area contributed by atoms with E-state index in [1.165, 1.54) is 0 Å². The highest BCUT2D eigenvalue weighted by atomic mass is 35.5. The molecular formula is C10H12ClNO. The van der Waals surface area contributed by atoms with Crippen LogP contribution in [0.1, 0.15) is 24.5 Å². The zero-order valence-electron chi connectivity index (χ0n) is 7.20. The van der Waals surface area contributed by atoms with Gasteiger partial charge in [-0.1, -0.05) is 11.6 Å². The lowest BCUT2D eigenvalue weighted by molar-refractivity contribution is 0.154. The molecule has 0 radical (unpaired) electrons. The molecule has 0 spiro atoms. The van der Waals surface area contributed by atoms with Crippen molar-refractivity contribution < 1.29 is 5.11 Å². The second kappa shape index (κ2) is 3.20. The van der Waals surface area contributed by atoms with Crippen LogP contribution in [0.3, 0.4) is 0 Å². The highest BCUT2D eigenvalue weighted by Gasteiger charge is 2.31. The highest BCUT2D eigenvalue weighted by molar-refractivity contribution is 6.30. The summed E-state index contributed by atoms with van der Waals surface area (Å²) in [5, 5.41) is 10.5. The van der Waals surface area contributed by atoms with Crippen molar-refractivity contribution in [2.45, 2.75) is 18.9 Å². The molecule has 0 saturated heterocycles. The molecule has 1 aromatic rings. The SMILES string of the molecule is Nc1ccc(Cl)cc1C(O)C1CC1. The molecule has 0 heterocycles. The number of benzene rings is 1. The van der Waals surface area contributed by atoms with Crippen molar-refractivity contribution >= 4 is 17.3 Å². The van der Waals surface area contributed by atoms with Gasteiger partial charge in [-0.3, -0.25) is 0 Å². The van der Waals surface area contributed by atoms with Crippen LogP contribution in [0, 0.1) is 5.92 Å². The minimum absolute atomic E-state index is 0.390. The van der Waals surface area contributed by atoms with Crippen LogP contribution in [0.15, 0.2) is 18.2 Å². The zero-order valence-corrected chi connectivity index (χ0v) is 7.96. The van der Waals surface area contributed by atoms with E-state index in [4.69, 9.17) is 17.3 Å². The molecule has 13 heavy (non-hydrogen) atoms. The summed E-state index contributed by atoms with van der Waals surface area (Å²) in [6.45, 7) is 0. The van der Waals surface area contributed by atoms with E-state index in [1.807, 2.05) is 0 Å². The van der Waals surface area contributed by atoms with Gasteiger partial charge in [0.25, 0.3) is 0 Å². The zero-order chi connectivity index (χ0) is 9.42. The molecule has 1 atom stereocenters. The second-order valence-electron chi connectivity index (χ2n) is 3.56. The Balaban J connectivity index is 2.31. The molecule has 2 nitrogen and oxygen atoms in total. The van der Waals surface area contributed by atoms with E-state index in [1.54, 1.807) is 18.2 Å². The molecule has 1 aromatic carbocycles. The number of rotatable bonds is 2. The average Bonchev–Trinajstić information content (AvgIpc) is 2.91. The van der Waals surface area contributed by atoms with E-state index in [0.29, 0.717) is 16.6 Å². The molecule has 3 heteroatoms. The fourth-order valence-electron chi connectivity index (χ4n) is 1.47. The summed E-state index contributed by atoms with van der Waals surface area (Å²) in [6, 6.07) is 5.23. The smallest absolute Gasteiger partial charge is 0.0838 e. The normalized spacial score (nSPS) is 18.6. The summed E-state index contributed by atoms with van der Waals surface area (Å²) >= 11 is 5.82. The summed E-state index contributed by atoms with van der Waals surface area (Å²) in [4.78, 5) is 0. The number of aliphatic hydroxyl groups excluding tert-OH is 1. The van der Waals surface area contributed by atoms with Crippen LogP contribution in [0.2, 0.25) is 5.02 Å². The maximum absolute atomic E-state index is 9.83. The molecule has 70 valence electrons. The molecule has 2 rings (SSSR count). The van der Waals surface area contributed by atoms with Gasteiger partial charge in [0, 0.05) is 16.3 Å². The third-order valence-corrected chi connectivity index (χ3v) is 2.67. The number of nitrogens with two attached hydrogens (primary N) is 1. The monoisotopic (exact) mass is 197 g/mol. The number of nitrogen functional groups attached to an aromatic ring is 1. The van der Waals surface area contributed by atoms with E-state index in [2.05, 4.69) is 0 Å². The minimum Gasteiger partial charge on any atom is -0.398 e. The first-order valence-electron chi connectivity index (χ1n) is 4.41. The molecular weight excluding hydrogens is 186 g/mol. The molecule has 1 fully saturated rings. The van der Waals surface area contributed by atoms with Crippen LogP contribution in [-0.4, -0.2) is 5.11 Å². The van der Waals surface area contributed by atoms with Gasteiger partial charge in [-0.15, -0.1) is 0 Å². The molecule has 0 bridgehead atoms. The Morgan fingerprint density at radius 3 is 2.77 bits per heavy atom. The highest BCUT2D eigenvalue weighted by Crippen LogP contribution is 2.42. The number of aliphatic hydroxyl groups is 1. The van der Waals surface area contributed by atoms with Gasteiger partial charge in [-0.2, -0.15) is 0 Å². The Bertz CT molecular complexity index is 323. The lowest BCUT2D eigenvalue weighted by Gasteiger charge is -2.12. The van der Waals surface area contributed by atoms with Crippen LogP contribution < -0.4 is 5.73 Å². The van der Waals surface area contributed by atoms with Gasteiger partial charge < -0.3 is 10.8 Å². The average molecular weight is 198 g/mol. The third-order valence-electron chi connectivity index (χ3n) is 2.44. The van der Waals surface area contributed by atoms with Crippen molar-refractivity contribution in [2.24, 2.45) is 5.92 Å². The minimum atomic E-state index is -0.432. The van der Waals surface area contributed by atoms with Crippen LogP contribution >= 0.6 is 11.6 Å². The number of anilines is 1. The Hall–Kier alpha value is -0.730. The van der Waals surface area contributed by atoms with Crippen molar-refractivity contribution in [3.05, 3.63) is 28.8 Å². The Labute approximate surface area is 82.3 Å². The van der Waals surface area contributed by atoms with Crippen molar-refractivity contribution in [1.82, 2.24) is 0 Å². The van der Waals surface area contributed by atoms with E-state index in [9.17, 15) is 5.11 Å². The first-order chi connectivity index (χ1) is 6.18. The van der Waals surface area contributed by atoms with Crippen LogP contribution in [0.5, 0.6) is 0 Å². The molecule has 1 aliphatic rings. The molecule has 1 saturated carbocycles. The van der Waals surface area contributed by atoms with Crippen molar-refractivity contribution in [3.8, 4) is 0 Å². The number of hydrogen-bond acceptors (Lipinski definition) is 2. The summed E-state index contributed by atoms with van der Waals surface area (Å²) in [6.07, 6.45) is 1.75. The maximum Gasteiger partial charge on any atom is 0.0838 e. The maximum atomic E-state index is 9.83. The molecule has 0 aliphatic heterocycles. The largest absolute Gasteiger partial charge is 0.398 e. The fourth-order valence-corrected chi connectivity index (χ4v) is 1.65. The van der Waals surface area contributed by atoms with E-state index >= 15 is 0 Å². The van der Waals surface area contributed by atoms with Crippen molar-refractivity contribution in [2.75, 3.05) is 5.73 Å². The molecule has 0 amide bonds. The third kappa shape index (κ3) is 1.79. The van der Waals surface area contributed by atoms with Gasteiger partial charge in [-0.25, -0.2) is 0 Å². The fraction of sp³-hybridized carbons (Fsp3) is 0.400. The number of halogens is 1. The van der Waals surface area contributed by atoms with E-state index < -0.39 is 6.10 Å². The van der Waals surface area contributed by atoms with Gasteiger partial charge in [0.05, 0.1) is 6.10 Å². The predicted octanol–water partition coefficient (Wildman–Crippen LogP) is 2.37. The van der Waals surface area contributed by atoms with Crippen LogP contribution in [0.4, 0.5) is 5.69 Å². The van der Waals surface area contributed by atoms with Gasteiger partial charge in [0.1, 0.15) is 0 Å². The quantitative estimate of drug-likeness (QED) is 0.716. The van der Waals surface area contributed by atoms with Gasteiger partial charge in [0.2, 0.25) is 0 Å². The van der Waals surface area contributed by atoms with Crippen LogP contribution in [-0.2, 0) is 0 Å². The topological polar surface area (TPSA) is 46.2 Å². The van der Waals surface area contributed by atoms with Gasteiger partial charge in [-0.05, 0) is 37.0 Å².